The quantitative estimate of drug-likeness (QED) is 0.357. The molecule has 0 unspecified atom stereocenters. The number of carbonyl (C=O) groups is 1. The molecular formula is C23H15Cl3N6O3. The minimum Gasteiger partial charge on any atom is -0.378 e. The number of rotatable bonds is 5. The average molecular weight is 530 g/mol. The van der Waals surface area contributed by atoms with Crippen LogP contribution in [0.15, 0.2) is 59.5 Å². The molecular weight excluding hydrogens is 515 g/mol. The first-order valence-electron chi connectivity index (χ1n) is 10.2. The largest absolute Gasteiger partial charge is 0.378 e. The van der Waals surface area contributed by atoms with Crippen LogP contribution in [0.25, 0.3) is 27.8 Å². The van der Waals surface area contributed by atoms with Crippen LogP contribution in [0.2, 0.25) is 15.1 Å². The standard InChI is InChI=1S/C23H15Cl3N6O3/c1-35-11-17-19(12-2-4-13(24)5-3-12)21-28-27-20-18(32(21)29-17)8-9-31(23(20)34)30-22(33)15-7-6-14(25)10-16(15)26/h2-10H,11H2,1H3,(H,30,33). The Hall–Kier alpha value is -3.50. The van der Waals surface area contributed by atoms with Crippen LogP contribution < -0.4 is 11.0 Å². The molecule has 176 valence electrons. The van der Waals surface area contributed by atoms with Crippen molar-refractivity contribution in [3.05, 3.63) is 91.4 Å². The van der Waals surface area contributed by atoms with Gasteiger partial charge >= 0.3 is 0 Å². The Kier molecular flexibility index (Phi) is 6.16. The molecule has 1 N–H and O–H groups in total. The van der Waals surface area contributed by atoms with Crippen molar-refractivity contribution < 1.29 is 9.53 Å². The van der Waals surface area contributed by atoms with Gasteiger partial charge in [-0.25, -0.2) is 9.19 Å². The number of hydrogen-bond acceptors (Lipinski definition) is 6. The number of ether oxygens (including phenoxy) is 1. The molecule has 3 aromatic heterocycles. The summed E-state index contributed by atoms with van der Waals surface area (Å²) in [6, 6.07) is 13.3. The van der Waals surface area contributed by atoms with Gasteiger partial charge in [0.05, 0.1) is 28.5 Å². The van der Waals surface area contributed by atoms with E-state index in [-0.39, 0.29) is 22.7 Å². The van der Waals surface area contributed by atoms with E-state index in [1.165, 1.54) is 28.9 Å². The van der Waals surface area contributed by atoms with Crippen molar-refractivity contribution in [2.45, 2.75) is 6.61 Å². The van der Waals surface area contributed by atoms with E-state index >= 15 is 0 Å². The number of amides is 1. The van der Waals surface area contributed by atoms with Crippen LogP contribution in [0.1, 0.15) is 16.1 Å². The Balaban J connectivity index is 1.61. The van der Waals surface area contributed by atoms with Crippen LogP contribution >= 0.6 is 34.8 Å². The Labute approximate surface area is 212 Å². The monoisotopic (exact) mass is 528 g/mol. The number of halogens is 3. The van der Waals surface area contributed by atoms with Gasteiger partial charge in [0.25, 0.3) is 11.5 Å². The van der Waals surface area contributed by atoms with Crippen LogP contribution in [0.4, 0.5) is 0 Å². The van der Waals surface area contributed by atoms with Crippen molar-refractivity contribution in [3.8, 4) is 11.1 Å². The molecule has 3 heterocycles. The number of nitrogens with zero attached hydrogens (tertiary/aromatic N) is 5. The third kappa shape index (κ3) is 4.23. The first-order chi connectivity index (χ1) is 16.9. The van der Waals surface area contributed by atoms with Crippen LogP contribution in [-0.4, -0.2) is 37.5 Å². The molecule has 5 aromatic rings. The highest BCUT2D eigenvalue weighted by atomic mass is 35.5. The van der Waals surface area contributed by atoms with Crippen LogP contribution in [0, 0.1) is 0 Å². The van der Waals surface area contributed by atoms with E-state index in [1.54, 1.807) is 25.3 Å². The molecule has 0 bridgehead atoms. The number of aromatic nitrogens is 5. The lowest BCUT2D eigenvalue weighted by molar-refractivity contribution is 0.101. The molecule has 2 aromatic carbocycles. The van der Waals surface area contributed by atoms with Crippen LogP contribution in [-0.2, 0) is 11.3 Å². The molecule has 9 nitrogen and oxygen atoms in total. The van der Waals surface area contributed by atoms with Gasteiger partial charge in [-0.05, 0) is 42.0 Å². The molecule has 0 fully saturated rings. The normalized spacial score (nSPS) is 11.3. The fraction of sp³-hybridized carbons (Fsp3) is 0.0870. The molecule has 1 amide bonds. The summed E-state index contributed by atoms with van der Waals surface area (Å²) in [6.45, 7) is 0.220. The Bertz CT molecular complexity index is 1660. The second kappa shape index (κ2) is 9.27. The summed E-state index contributed by atoms with van der Waals surface area (Å²) >= 11 is 18.0. The predicted molar refractivity (Wildman–Crippen MR) is 134 cm³/mol. The number of pyridine rings is 1. The summed E-state index contributed by atoms with van der Waals surface area (Å²) in [5, 5.41) is 14.2. The van der Waals surface area contributed by atoms with E-state index < -0.39 is 11.5 Å². The van der Waals surface area contributed by atoms with Crippen molar-refractivity contribution in [1.82, 2.24) is 24.5 Å². The first-order valence-corrected chi connectivity index (χ1v) is 11.3. The molecule has 0 saturated carbocycles. The number of benzene rings is 2. The van der Waals surface area contributed by atoms with Crippen LogP contribution in [0.3, 0.4) is 0 Å². The molecule has 0 aliphatic heterocycles. The Morgan fingerprint density at radius 3 is 2.49 bits per heavy atom. The Morgan fingerprint density at radius 1 is 1.03 bits per heavy atom. The SMILES string of the molecule is COCc1nn2c(nnc3c(=O)n(NC(=O)c4ccc(Cl)cc4Cl)ccc32)c1-c1ccc(Cl)cc1. The summed E-state index contributed by atoms with van der Waals surface area (Å²) in [5.41, 5.74) is 5.10. The number of nitrogens with one attached hydrogen (secondary N) is 1. The first kappa shape index (κ1) is 23.3. The summed E-state index contributed by atoms with van der Waals surface area (Å²) in [6.07, 6.45) is 1.41. The lowest BCUT2D eigenvalue weighted by Gasteiger charge is -2.10. The molecule has 0 atom stereocenters. The molecule has 0 spiro atoms. The second-order valence-corrected chi connectivity index (χ2v) is 8.77. The Morgan fingerprint density at radius 2 is 1.77 bits per heavy atom. The van der Waals surface area contributed by atoms with E-state index in [1.807, 2.05) is 12.1 Å². The minimum absolute atomic E-state index is 0.0108. The van der Waals surface area contributed by atoms with Crippen LogP contribution in [0.5, 0.6) is 0 Å². The van der Waals surface area contributed by atoms with E-state index in [0.29, 0.717) is 32.5 Å². The van der Waals surface area contributed by atoms with E-state index in [2.05, 4.69) is 20.7 Å². The van der Waals surface area contributed by atoms with Gasteiger partial charge in [-0.2, -0.15) is 5.10 Å². The highest BCUT2D eigenvalue weighted by Gasteiger charge is 2.20. The zero-order valence-electron chi connectivity index (χ0n) is 18.0. The lowest BCUT2D eigenvalue weighted by atomic mass is 10.1. The van der Waals surface area contributed by atoms with Crippen molar-refractivity contribution in [3.63, 3.8) is 0 Å². The number of fused-ring (bicyclic) bond motifs is 3. The maximum absolute atomic E-state index is 13.1. The number of methoxy groups -OCH3 is 1. The van der Waals surface area contributed by atoms with Gasteiger partial charge in [-0.1, -0.05) is 46.9 Å². The number of carbonyl (C=O) groups excluding carboxylic acids is 1. The van der Waals surface area contributed by atoms with Gasteiger partial charge in [0, 0.05) is 23.4 Å². The lowest BCUT2D eigenvalue weighted by Crippen LogP contribution is -2.33. The second-order valence-electron chi connectivity index (χ2n) is 7.49. The molecule has 12 heteroatoms. The van der Waals surface area contributed by atoms with Gasteiger partial charge in [0.1, 0.15) is 5.52 Å². The van der Waals surface area contributed by atoms with E-state index in [4.69, 9.17) is 39.5 Å². The van der Waals surface area contributed by atoms with E-state index in [0.717, 1.165) is 10.2 Å². The predicted octanol–water partition coefficient (Wildman–Crippen LogP) is 4.60. The van der Waals surface area contributed by atoms with Gasteiger partial charge in [-0.15, -0.1) is 10.2 Å². The molecule has 0 radical (unpaired) electrons. The van der Waals surface area contributed by atoms with Gasteiger partial charge in [0.15, 0.2) is 11.2 Å². The zero-order valence-corrected chi connectivity index (χ0v) is 20.3. The van der Waals surface area contributed by atoms with E-state index in [9.17, 15) is 9.59 Å². The van der Waals surface area contributed by atoms with Crippen molar-refractivity contribution in [2.24, 2.45) is 0 Å². The van der Waals surface area contributed by atoms with Gasteiger partial charge in [-0.3, -0.25) is 15.0 Å². The zero-order chi connectivity index (χ0) is 24.7. The van der Waals surface area contributed by atoms with Crippen molar-refractivity contribution >= 4 is 57.4 Å². The van der Waals surface area contributed by atoms with Crippen molar-refractivity contribution in [2.75, 3.05) is 12.5 Å². The molecule has 0 aliphatic carbocycles. The molecule has 0 saturated heterocycles. The fourth-order valence-electron chi connectivity index (χ4n) is 3.67. The third-order valence-electron chi connectivity index (χ3n) is 5.26. The van der Waals surface area contributed by atoms with Gasteiger partial charge in [0.2, 0.25) is 0 Å². The summed E-state index contributed by atoms with van der Waals surface area (Å²) in [4.78, 5) is 25.8. The van der Waals surface area contributed by atoms with Crippen molar-refractivity contribution in [1.29, 1.82) is 0 Å². The topological polar surface area (TPSA) is 103 Å². The highest BCUT2D eigenvalue weighted by molar-refractivity contribution is 6.37. The minimum atomic E-state index is -0.591. The fourth-order valence-corrected chi connectivity index (χ4v) is 4.29. The average Bonchev–Trinajstić information content (AvgIpc) is 3.20. The summed E-state index contributed by atoms with van der Waals surface area (Å²) < 4.78 is 7.86. The molecule has 0 aliphatic rings. The molecule has 35 heavy (non-hydrogen) atoms. The third-order valence-corrected chi connectivity index (χ3v) is 6.06. The number of hydrogen-bond donors (Lipinski definition) is 1. The maximum Gasteiger partial charge on any atom is 0.299 e. The maximum atomic E-state index is 13.1. The summed E-state index contributed by atoms with van der Waals surface area (Å²) in [7, 11) is 1.56. The smallest absolute Gasteiger partial charge is 0.299 e. The summed E-state index contributed by atoms with van der Waals surface area (Å²) in [5.74, 6) is -0.589. The van der Waals surface area contributed by atoms with Gasteiger partial charge < -0.3 is 4.74 Å². The highest BCUT2D eigenvalue weighted by Crippen LogP contribution is 2.30. The molecule has 5 rings (SSSR count).